The molecule has 34 heavy (non-hydrogen) atoms. The molecular weight excluding hydrogens is 426 g/mol. The minimum absolute atomic E-state index is 0.0157. The molecule has 0 radical (unpaired) electrons. The summed E-state index contributed by atoms with van der Waals surface area (Å²) in [5.41, 5.74) is 4.68. The van der Waals surface area contributed by atoms with E-state index >= 15 is 0 Å². The number of nitrogens with one attached hydrogen (secondary N) is 3. The van der Waals surface area contributed by atoms with Crippen molar-refractivity contribution in [3.8, 4) is 11.1 Å². The number of aromatic nitrogens is 2. The van der Waals surface area contributed by atoms with Gasteiger partial charge in [0, 0.05) is 35.3 Å². The Labute approximate surface area is 199 Å². The smallest absolute Gasteiger partial charge is 0.251 e. The Kier molecular flexibility index (Phi) is 6.01. The van der Waals surface area contributed by atoms with Crippen LogP contribution in [0.1, 0.15) is 48.0 Å². The topological polar surface area (TPSA) is 96.0 Å². The Balaban J connectivity index is 1.36. The van der Waals surface area contributed by atoms with Gasteiger partial charge < -0.3 is 16.0 Å². The van der Waals surface area contributed by atoms with Crippen LogP contribution in [0.2, 0.25) is 0 Å². The molecule has 1 aromatic heterocycles. The molecule has 1 heterocycles. The van der Waals surface area contributed by atoms with Crippen molar-refractivity contribution in [3.63, 3.8) is 0 Å². The molecule has 3 N–H and O–H groups in total. The van der Waals surface area contributed by atoms with E-state index in [0.717, 1.165) is 59.7 Å². The molecule has 2 aliphatic rings. The minimum atomic E-state index is -0.157. The van der Waals surface area contributed by atoms with Crippen LogP contribution in [0.25, 0.3) is 22.0 Å². The normalized spacial score (nSPS) is 19.6. The van der Waals surface area contributed by atoms with Crippen LogP contribution in [0, 0.1) is 6.92 Å². The lowest BCUT2D eigenvalue weighted by Crippen LogP contribution is -2.42. The fraction of sp³-hybridized carbons (Fsp3) is 0.333. The van der Waals surface area contributed by atoms with Crippen molar-refractivity contribution in [1.29, 1.82) is 0 Å². The van der Waals surface area contributed by atoms with E-state index in [4.69, 9.17) is 4.98 Å². The van der Waals surface area contributed by atoms with Crippen molar-refractivity contribution in [2.75, 3.05) is 5.32 Å². The quantitative estimate of drug-likeness (QED) is 0.466. The summed E-state index contributed by atoms with van der Waals surface area (Å²) < 4.78 is 0. The summed E-state index contributed by atoms with van der Waals surface area (Å²) >= 11 is 0. The zero-order valence-corrected chi connectivity index (χ0v) is 19.3. The van der Waals surface area contributed by atoms with E-state index < -0.39 is 0 Å². The lowest BCUT2D eigenvalue weighted by atomic mass is 9.97. The van der Waals surface area contributed by atoms with Gasteiger partial charge in [-0.2, -0.15) is 0 Å². The number of nitrogens with zero attached hydrogens (tertiary/aromatic N) is 2. The Morgan fingerprint density at radius 2 is 1.85 bits per heavy atom. The maximum Gasteiger partial charge on any atom is 0.251 e. The summed E-state index contributed by atoms with van der Waals surface area (Å²) in [6, 6.07) is 12.4. The zero-order valence-electron chi connectivity index (χ0n) is 19.3. The highest BCUT2D eigenvalue weighted by Crippen LogP contribution is 2.29. The van der Waals surface area contributed by atoms with Crippen LogP contribution >= 0.6 is 0 Å². The summed E-state index contributed by atoms with van der Waals surface area (Å²) in [5.74, 6) is 0.382. The molecule has 2 fully saturated rings. The van der Waals surface area contributed by atoms with E-state index in [1.807, 2.05) is 36.5 Å². The first kappa shape index (κ1) is 22.1. The van der Waals surface area contributed by atoms with Gasteiger partial charge in [-0.3, -0.25) is 9.59 Å². The predicted octanol–water partition coefficient (Wildman–Crippen LogP) is 4.13. The van der Waals surface area contributed by atoms with E-state index in [1.165, 1.54) is 6.08 Å². The largest absolute Gasteiger partial charge is 0.349 e. The van der Waals surface area contributed by atoms with Gasteiger partial charge in [-0.05, 0) is 86.1 Å². The number of rotatable bonds is 7. The molecule has 0 aliphatic heterocycles. The number of amides is 2. The van der Waals surface area contributed by atoms with Crippen molar-refractivity contribution in [2.24, 2.45) is 0 Å². The molecule has 2 saturated carbocycles. The lowest BCUT2D eigenvalue weighted by Gasteiger charge is -2.21. The van der Waals surface area contributed by atoms with E-state index in [0.29, 0.717) is 17.6 Å². The Hall–Kier alpha value is -3.74. The lowest BCUT2D eigenvalue weighted by molar-refractivity contribution is -0.117. The molecule has 0 bridgehead atoms. The van der Waals surface area contributed by atoms with Gasteiger partial charge in [-0.15, -0.1) is 0 Å². The number of carbonyl (C=O) groups excluding carboxylic acids is 2. The number of hydrogen-bond donors (Lipinski definition) is 3. The maximum absolute atomic E-state index is 12.5. The third-order valence-corrected chi connectivity index (χ3v) is 6.65. The molecule has 0 spiro atoms. The second kappa shape index (κ2) is 9.25. The van der Waals surface area contributed by atoms with Crippen molar-refractivity contribution >= 4 is 28.7 Å². The van der Waals surface area contributed by atoms with E-state index in [1.54, 1.807) is 0 Å². The van der Waals surface area contributed by atoms with E-state index in [2.05, 4.69) is 40.5 Å². The molecule has 7 heteroatoms. The van der Waals surface area contributed by atoms with Crippen molar-refractivity contribution in [1.82, 2.24) is 20.6 Å². The molecule has 2 aromatic carbocycles. The number of aryl methyl sites for hydroxylation is 1. The van der Waals surface area contributed by atoms with Crippen molar-refractivity contribution in [3.05, 3.63) is 66.4 Å². The number of hydrogen-bond acceptors (Lipinski definition) is 5. The molecule has 2 unspecified atom stereocenters. The molecule has 2 atom stereocenters. The fourth-order valence-electron chi connectivity index (χ4n) is 4.55. The van der Waals surface area contributed by atoms with Crippen LogP contribution in [0.15, 0.2) is 55.3 Å². The molecule has 3 aromatic rings. The van der Waals surface area contributed by atoms with Gasteiger partial charge >= 0.3 is 0 Å². The first-order chi connectivity index (χ1) is 16.5. The number of anilines is 1. The average Bonchev–Trinajstić information content (AvgIpc) is 3.56. The van der Waals surface area contributed by atoms with Crippen LogP contribution in [0.5, 0.6) is 0 Å². The first-order valence-corrected chi connectivity index (χ1v) is 11.9. The SMILES string of the molecule is C=CC(=O)NC1CCCC1Nc1ncc2cc(-c3cc(C(=O)NC4CC4)ccc3C)ccc2n1. The van der Waals surface area contributed by atoms with Gasteiger partial charge in [0.15, 0.2) is 0 Å². The minimum Gasteiger partial charge on any atom is -0.349 e. The highest BCUT2D eigenvalue weighted by atomic mass is 16.2. The maximum atomic E-state index is 12.5. The second-order valence-electron chi connectivity index (χ2n) is 9.25. The van der Waals surface area contributed by atoms with E-state index in [9.17, 15) is 9.59 Å². The van der Waals surface area contributed by atoms with Crippen LogP contribution < -0.4 is 16.0 Å². The van der Waals surface area contributed by atoms with Gasteiger partial charge in [-0.1, -0.05) is 18.7 Å². The predicted molar refractivity (Wildman–Crippen MR) is 134 cm³/mol. The Morgan fingerprint density at radius 3 is 2.65 bits per heavy atom. The average molecular weight is 456 g/mol. The first-order valence-electron chi connectivity index (χ1n) is 11.9. The Bertz CT molecular complexity index is 1270. The van der Waals surface area contributed by atoms with Gasteiger partial charge in [0.05, 0.1) is 5.52 Å². The summed E-state index contributed by atoms with van der Waals surface area (Å²) in [7, 11) is 0. The highest BCUT2D eigenvalue weighted by Gasteiger charge is 2.28. The monoisotopic (exact) mass is 455 g/mol. The summed E-state index contributed by atoms with van der Waals surface area (Å²) in [6.45, 7) is 5.58. The standard InChI is InChI=1S/C27H29N5O2/c1-3-25(33)30-23-5-4-6-24(23)32-27-28-15-19-13-17(9-12-22(19)31-27)21-14-18(8-7-16(21)2)26(34)29-20-10-11-20/h3,7-9,12-15,20,23-24H,1,4-6,10-11H2,2H3,(H,29,34)(H,30,33)(H,28,31,32). The third-order valence-electron chi connectivity index (χ3n) is 6.65. The molecule has 2 amide bonds. The third kappa shape index (κ3) is 4.78. The number of fused-ring (bicyclic) bond motifs is 1. The summed E-state index contributed by atoms with van der Waals surface area (Å²) in [6.07, 6.45) is 8.16. The molecule has 174 valence electrons. The molecule has 2 aliphatic carbocycles. The van der Waals surface area contributed by atoms with Crippen molar-refractivity contribution < 1.29 is 9.59 Å². The van der Waals surface area contributed by atoms with Gasteiger partial charge in [0.2, 0.25) is 11.9 Å². The van der Waals surface area contributed by atoms with Gasteiger partial charge in [0.25, 0.3) is 5.91 Å². The van der Waals surface area contributed by atoms with Crippen molar-refractivity contribution in [2.45, 2.75) is 57.2 Å². The summed E-state index contributed by atoms with van der Waals surface area (Å²) in [4.78, 5) is 33.4. The van der Waals surface area contributed by atoms with Gasteiger partial charge in [0.1, 0.15) is 0 Å². The zero-order chi connectivity index (χ0) is 23.7. The molecule has 7 nitrogen and oxygen atoms in total. The molecular formula is C27H29N5O2. The number of carbonyl (C=O) groups is 2. The fourth-order valence-corrected chi connectivity index (χ4v) is 4.55. The highest BCUT2D eigenvalue weighted by molar-refractivity contribution is 5.96. The number of benzene rings is 2. The summed E-state index contributed by atoms with van der Waals surface area (Å²) in [5, 5.41) is 10.4. The van der Waals surface area contributed by atoms with Crippen LogP contribution in [-0.4, -0.2) is 39.9 Å². The molecule has 0 saturated heterocycles. The molecule has 5 rings (SSSR count). The Morgan fingerprint density at radius 1 is 1.03 bits per heavy atom. The van der Waals surface area contributed by atoms with Gasteiger partial charge in [-0.25, -0.2) is 9.97 Å². The van der Waals surface area contributed by atoms with Crippen LogP contribution in [-0.2, 0) is 4.79 Å². The van der Waals surface area contributed by atoms with Crippen LogP contribution in [0.4, 0.5) is 5.95 Å². The van der Waals surface area contributed by atoms with Crippen LogP contribution in [0.3, 0.4) is 0 Å². The van der Waals surface area contributed by atoms with E-state index in [-0.39, 0.29) is 23.9 Å². The second-order valence-corrected chi connectivity index (χ2v) is 9.25.